The number of hydrogen-bond donors (Lipinski definition) is 2. The molecule has 6 nitrogen and oxygen atoms in total. The first-order chi connectivity index (χ1) is 12.9. The fourth-order valence-electron chi connectivity index (χ4n) is 2.52. The minimum Gasteiger partial charge on any atom is -0.497 e. The van der Waals surface area contributed by atoms with E-state index < -0.39 is 0 Å². The molecule has 2 N–H and O–H groups in total. The monoisotopic (exact) mass is 389 g/mol. The number of hydrogen-bond acceptors (Lipinski definition) is 4. The minimum atomic E-state index is -0.300. The van der Waals surface area contributed by atoms with Crippen molar-refractivity contribution in [3.8, 4) is 5.75 Å². The minimum absolute atomic E-state index is 0.0961. The van der Waals surface area contributed by atoms with Crippen LogP contribution in [-0.2, 0) is 16.1 Å². The predicted molar refractivity (Wildman–Crippen MR) is 107 cm³/mol. The van der Waals surface area contributed by atoms with Gasteiger partial charge in [-0.1, -0.05) is 29.8 Å². The van der Waals surface area contributed by atoms with E-state index in [9.17, 15) is 9.59 Å². The SMILES string of the molecule is COc1ccc(CN(C)CC(=O)NCC(=O)Nc2cccc(Cl)c2C)cc1. The molecular weight excluding hydrogens is 366 g/mol. The van der Waals surface area contributed by atoms with E-state index in [1.54, 1.807) is 25.3 Å². The molecule has 0 aliphatic carbocycles. The zero-order chi connectivity index (χ0) is 19.8. The Balaban J connectivity index is 1.75. The highest BCUT2D eigenvalue weighted by molar-refractivity contribution is 6.31. The van der Waals surface area contributed by atoms with Gasteiger partial charge in [-0.05, 0) is 49.4 Å². The van der Waals surface area contributed by atoms with E-state index in [0.29, 0.717) is 17.3 Å². The van der Waals surface area contributed by atoms with Crippen molar-refractivity contribution in [3.63, 3.8) is 0 Å². The molecule has 27 heavy (non-hydrogen) atoms. The van der Waals surface area contributed by atoms with Gasteiger partial charge in [-0.15, -0.1) is 0 Å². The van der Waals surface area contributed by atoms with Crippen molar-refractivity contribution >= 4 is 29.1 Å². The van der Waals surface area contributed by atoms with Gasteiger partial charge in [0.05, 0.1) is 20.2 Å². The average Bonchev–Trinajstić information content (AvgIpc) is 2.64. The molecule has 2 aromatic carbocycles. The number of nitrogens with one attached hydrogen (secondary N) is 2. The number of amides is 2. The van der Waals surface area contributed by atoms with Crippen molar-refractivity contribution in [2.24, 2.45) is 0 Å². The van der Waals surface area contributed by atoms with Crippen molar-refractivity contribution in [1.82, 2.24) is 10.2 Å². The van der Waals surface area contributed by atoms with Crippen LogP contribution in [0.5, 0.6) is 5.75 Å². The van der Waals surface area contributed by atoms with Crippen molar-refractivity contribution in [3.05, 3.63) is 58.6 Å². The molecule has 0 unspecified atom stereocenters. The van der Waals surface area contributed by atoms with Gasteiger partial charge in [-0.2, -0.15) is 0 Å². The van der Waals surface area contributed by atoms with E-state index in [1.165, 1.54) is 0 Å². The number of carbonyl (C=O) groups excluding carboxylic acids is 2. The molecule has 0 aliphatic rings. The summed E-state index contributed by atoms with van der Waals surface area (Å²) in [6.45, 7) is 2.53. The largest absolute Gasteiger partial charge is 0.497 e. The van der Waals surface area contributed by atoms with Crippen molar-refractivity contribution in [1.29, 1.82) is 0 Å². The highest BCUT2D eigenvalue weighted by Gasteiger charge is 2.11. The number of rotatable bonds is 8. The van der Waals surface area contributed by atoms with Crippen LogP contribution in [0, 0.1) is 6.92 Å². The molecule has 0 bridgehead atoms. The maximum absolute atomic E-state index is 12.0. The van der Waals surface area contributed by atoms with Gasteiger partial charge >= 0.3 is 0 Å². The van der Waals surface area contributed by atoms with E-state index in [0.717, 1.165) is 16.9 Å². The van der Waals surface area contributed by atoms with Gasteiger partial charge in [-0.25, -0.2) is 0 Å². The summed E-state index contributed by atoms with van der Waals surface area (Å²) < 4.78 is 5.13. The summed E-state index contributed by atoms with van der Waals surface area (Å²) in [4.78, 5) is 25.9. The molecule has 0 aromatic heterocycles. The second-order valence-corrected chi connectivity index (χ2v) is 6.66. The Morgan fingerprint density at radius 3 is 2.48 bits per heavy atom. The van der Waals surface area contributed by atoms with E-state index >= 15 is 0 Å². The molecule has 0 heterocycles. The van der Waals surface area contributed by atoms with Crippen LogP contribution in [0.25, 0.3) is 0 Å². The van der Waals surface area contributed by atoms with Crippen molar-refractivity contribution in [2.75, 3.05) is 32.6 Å². The number of likely N-dealkylation sites (N-methyl/N-ethyl adjacent to an activating group) is 1. The summed E-state index contributed by atoms with van der Waals surface area (Å²) in [5.74, 6) is 0.274. The highest BCUT2D eigenvalue weighted by Crippen LogP contribution is 2.22. The number of benzene rings is 2. The van der Waals surface area contributed by atoms with Gasteiger partial charge in [0, 0.05) is 17.3 Å². The van der Waals surface area contributed by atoms with Crippen molar-refractivity contribution in [2.45, 2.75) is 13.5 Å². The van der Waals surface area contributed by atoms with E-state index in [1.807, 2.05) is 43.1 Å². The standard InChI is InChI=1S/C20H24ClN3O3/c1-14-17(21)5-4-6-18(14)23-19(25)11-22-20(26)13-24(2)12-15-7-9-16(27-3)10-8-15/h4-10H,11-13H2,1-3H3,(H,22,26)(H,23,25). The summed E-state index contributed by atoms with van der Waals surface area (Å²) >= 11 is 6.03. The predicted octanol–water partition coefficient (Wildman–Crippen LogP) is 2.84. The van der Waals surface area contributed by atoms with Gasteiger partial charge in [0.2, 0.25) is 11.8 Å². The first kappa shape index (κ1) is 20.7. The maximum Gasteiger partial charge on any atom is 0.243 e. The Hall–Kier alpha value is -2.57. The summed E-state index contributed by atoms with van der Waals surface area (Å²) in [7, 11) is 3.47. The molecular formula is C20H24ClN3O3. The Morgan fingerprint density at radius 1 is 1.11 bits per heavy atom. The van der Waals surface area contributed by atoms with Gasteiger partial charge in [-0.3, -0.25) is 14.5 Å². The van der Waals surface area contributed by atoms with Gasteiger partial charge in [0.1, 0.15) is 5.75 Å². The molecule has 0 aliphatic heterocycles. The zero-order valence-corrected chi connectivity index (χ0v) is 16.5. The first-order valence-electron chi connectivity index (χ1n) is 8.52. The van der Waals surface area contributed by atoms with Crippen LogP contribution in [0.1, 0.15) is 11.1 Å². The third-order valence-electron chi connectivity index (χ3n) is 4.01. The topological polar surface area (TPSA) is 70.7 Å². The Kier molecular flexibility index (Phi) is 7.64. The van der Waals surface area contributed by atoms with E-state index in [-0.39, 0.29) is 24.9 Å². The molecule has 2 rings (SSSR count). The molecule has 144 valence electrons. The van der Waals surface area contributed by atoms with E-state index in [4.69, 9.17) is 16.3 Å². The summed E-state index contributed by atoms with van der Waals surface area (Å²) in [5.41, 5.74) is 2.50. The number of ether oxygens (including phenoxy) is 1. The highest BCUT2D eigenvalue weighted by atomic mass is 35.5. The fourth-order valence-corrected chi connectivity index (χ4v) is 2.69. The van der Waals surface area contributed by atoms with E-state index in [2.05, 4.69) is 10.6 Å². The third-order valence-corrected chi connectivity index (χ3v) is 4.42. The first-order valence-corrected chi connectivity index (χ1v) is 8.90. The molecule has 0 spiro atoms. The van der Waals surface area contributed by atoms with Crippen LogP contribution < -0.4 is 15.4 Å². The van der Waals surface area contributed by atoms with Crippen molar-refractivity contribution < 1.29 is 14.3 Å². The number of halogens is 1. The normalized spacial score (nSPS) is 10.6. The molecule has 0 fully saturated rings. The lowest BCUT2D eigenvalue weighted by Gasteiger charge is -2.16. The summed E-state index contributed by atoms with van der Waals surface area (Å²) in [5, 5.41) is 5.95. The molecule has 2 amide bonds. The Labute approximate surface area is 164 Å². The van der Waals surface area contributed by atoms with Gasteiger partial charge in [0.15, 0.2) is 0 Å². The summed E-state index contributed by atoms with van der Waals surface area (Å²) in [6.07, 6.45) is 0. The van der Waals surface area contributed by atoms with Crippen LogP contribution in [-0.4, -0.2) is 44.0 Å². The zero-order valence-electron chi connectivity index (χ0n) is 15.7. The number of nitrogens with zero attached hydrogens (tertiary/aromatic N) is 1. The second-order valence-electron chi connectivity index (χ2n) is 6.26. The van der Waals surface area contributed by atoms with Crippen LogP contribution in [0.3, 0.4) is 0 Å². The molecule has 0 saturated carbocycles. The molecule has 2 aromatic rings. The lowest BCUT2D eigenvalue weighted by molar-refractivity contribution is -0.124. The lowest BCUT2D eigenvalue weighted by Crippen LogP contribution is -2.39. The Bertz CT molecular complexity index is 794. The second kappa shape index (κ2) is 9.94. The number of anilines is 1. The molecule has 0 radical (unpaired) electrons. The van der Waals surface area contributed by atoms with Gasteiger partial charge < -0.3 is 15.4 Å². The third kappa shape index (κ3) is 6.58. The fraction of sp³-hybridized carbons (Fsp3) is 0.300. The molecule has 0 saturated heterocycles. The Morgan fingerprint density at radius 2 is 1.81 bits per heavy atom. The molecule has 7 heteroatoms. The quantitative estimate of drug-likeness (QED) is 0.728. The van der Waals surface area contributed by atoms with Crippen LogP contribution in [0.15, 0.2) is 42.5 Å². The summed E-state index contributed by atoms with van der Waals surface area (Å²) in [6, 6.07) is 13.0. The number of carbonyl (C=O) groups is 2. The smallest absolute Gasteiger partial charge is 0.243 e. The van der Waals surface area contributed by atoms with Crippen LogP contribution in [0.4, 0.5) is 5.69 Å². The lowest BCUT2D eigenvalue weighted by atomic mass is 10.2. The average molecular weight is 390 g/mol. The van der Waals surface area contributed by atoms with Crippen LogP contribution in [0.2, 0.25) is 5.02 Å². The maximum atomic E-state index is 12.0. The van der Waals surface area contributed by atoms with Gasteiger partial charge in [0.25, 0.3) is 0 Å². The molecule has 0 atom stereocenters. The van der Waals surface area contributed by atoms with Crippen LogP contribution >= 0.6 is 11.6 Å². The number of methoxy groups -OCH3 is 1.